The molecule has 1 amide bonds. The molecule has 130 valence electrons. The fraction of sp³-hybridized carbons (Fsp3) is 0.200. The molecule has 0 aliphatic carbocycles. The Morgan fingerprint density at radius 3 is 2.48 bits per heavy atom. The number of aryl methyl sites for hydroxylation is 1. The van der Waals surface area contributed by atoms with Crippen LogP contribution in [0.4, 0.5) is 13.2 Å². The van der Waals surface area contributed by atoms with Crippen molar-refractivity contribution in [1.82, 2.24) is 25.3 Å². The largest absolute Gasteiger partial charge is 0.435 e. The molecule has 2 aromatic heterocycles. The van der Waals surface area contributed by atoms with Gasteiger partial charge in [-0.3, -0.25) is 4.79 Å². The molecule has 3 rings (SSSR count). The van der Waals surface area contributed by atoms with Crippen molar-refractivity contribution in [2.24, 2.45) is 0 Å². The second-order valence-electron chi connectivity index (χ2n) is 5.12. The summed E-state index contributed by atoms with van der Waals surface area (Å²) in [6.45, 7) is 2.03. The highest BCUT2D eigenvalue weighted by atomic mass is 32.1. The predicted molar refractivity (Wildman–Crippen MR) is 84.4 cm³/mol. The van der Waals surface area contributed by atoms with E-state index in [9.17, 15) is 18.0 Å². The lowest BCUT2D eigenvalue weighted by Gasteiger charge is -2.06. The molecule has 25 heavy (non-hydrogen) atoms. The van der Waals surface area contributed by atoms with E-state index < -0.39 is 11.9 Å². The average Bonchev–Trinajstić information content (AvgIpc) is 3.22. The molecule has 0 unspecified atom stereocenters. The molecular weight excluding hydrogens is 355 g/mol. The van der Waals surface area contributed by atoms with Crippen molar-refractivity contribution in [2.45, 2.75) is 19.6 Å². The number of hydrogen-bond donors (Lipinski definition) is 1. The molecule has 1 N–H and O–H groups in total. The number of nitrogens with zero attached hydrogens (tertiary/aromatic N) is 4. The van der Waals surface area contributed by atoms with Gasteiger partial charge in [0.25, 0.3) is 5.91 Å². The maximum atomic E-state index is 12.6. The average molecular weight is 367 g/mol. The molecule has 0 atom stereocenters. The summed E-state index contributed by atoms with van der Waals surface area (Å²) < 4.78 is 38.9. The van der Waals surface area contributed by atoms with E-state index in [0.717, 1.165) is 16.3 Å². The number of aromatic nitrogens is 4. The van der Waals surface area contributed by atoms with Crippen molar-refractivity contribution in [2.75, 3.05) is 0 Å². The van der Waals surface area contributed by atoms with Gasteiger partial charge in [0.15, 0.2) is 5.69 Å². The maximum Gasteiger partial charge on any atom is 0.435 e. The smallest absolute Gasteiger partial charge is 0.346 e. The zero-order valence-corrected chi connectivity index (χ0v) is 13.7. The molecule has 0 saturated heterocycles. The van der Waals surface area contributed by atoms with Crippen LogP contribution in [-0.4, -0.2) is 25.9 Å². The summed E-state index contributed by atoms with van der Waals surface area (Å²) in [5, 5.41) is 14.7. The van der Waals surface area contributed by atoms with Crippen LogP contribution in [0.5, 0.6) is 0 Å². The first-order valence-corrected chi connectivity index (χ1v) is 7.95. The Labute approximate surface area is 144 Å². The van der Waals surface area contributed by atoms with Crippen LogP contribution in [-0.2, 0) is 12.7 Å². The summed E-state index contributed by atoms with van der Waals surface area (Å²) >= 11 is 1.20. The summed E-state index contributed by atoms with van der Waals surface area (Å²) in [4.78, 5) is 11.9. The zero-order chi connectivity index (χ0) is 18.0. The first kappa shape index (κ1) is 17.1. The van der Waals surface area contributed by atoms with Gasteiger partial charge in [-0.1, -0.05) is 23.5 Å². The van der Waals surface area contributed by atoms with Crippen molar-refractivity contribution >= 4 is 17.2 Å². The van der Waals surface area contributed by atoms with E-state index in [4.69, 9.17) is 0 Å². The van der Waals surface area contributed by atoms with Crippen molar-refractivity contribution < 1.29 is 18.0 Å². The number of rotatable bonds is 4. The number of halogens is 3. The fourth-order valence-corrected chi connectivity index (χ4v) is 2.64. The van der Waals surface area contributed by atoms with E-state index >= 15 is 0 Å². The van der Waals surface area contributed by atoms with Gasteiger partial charge >= 0.3 is 6.18 Å². The van der Waals surface area contributed by atoms with Gasteiger partial charge in [-0.15, -0.1) is 10.2 Å². The SMILES string of the molecule is Cc1nnc(C(=O)NCc2ccc(-n3ccc(C(F)(F)F)n3)cc2)s1. The van der Waals surface area contributed by atoms with Crippen molar-refractivity contribution in [1.29, 1.82) is 0 Å². The molecule has 0 fully saturated rings. The summed E-state index contributed by atoms with van der Waals surface area (Å²) in [6.07, 6.45) is -3.23. The molecule has 6 nitrogen and oxygen atoms in total. The minimum atomic E-state index is -4.47. The van der Waals surface area contributed by atoms with Crippen molar-refractivity contribution in [3.63, 3.8) is 0 Å². The molecule has 1 aromatic carbocycles. The second-order valence-corrected chi connectivity index (χ2v) is 6.30. The molecule has 0 saturated carbocycles. The summed E-state index contributed by atoms with van der Waals surface area (Å²) in [6, 6.07) is 7.58. The van der Waals surface area contributed by atoms with Crippen LogP contribution in [0.1, 0.15) is 26.1 Å². The topological polar surface area (TPSA) is 72.7 Å². The van der Waals surface area contributed by atoms with Crippen LogP contribution < -0.4 is 5.32 Å². The van der Waals surface area contributed by atoms with E-state index in [0.29, 0.717) is 10.7 Å². The molecular formula is C15H12F3N5OS. The summed E-state index contributed by atoms with van der Waals surface area (Å²) in [5.74, 6) is -0.323. The van der Waals surface area contributed by atoms with E-state index in [1.807, 2.05) is 0 Å². The maximum absolute atomic E-state index is 12.6. The Balaban J connectivity index is 1.64. The number of alkyl halides is 3. The molecule has 0 spiro atoms. The van der Waals surface area contributed by atoms with Gasteiger partial charge in [-0.05, 0) is 30.7 Å². The number of amides is 1. The first-order valence-electron chi connectivity index (χ1n) is 7.13. The predicted octanol–water partition coefficient (Wildman–Crippen LogP) is 2.98. The normalized spacial score (nSPS) is 11.5. The second kappa shape index (κ2) is 6.63. The third-order valence-corrected chi connectivity index (χ3v) is 4.09. The Morgan fingerprint density at radius 2 is 1.92 bits per heavy atom. The number of benzene rings is 1. The lowest BCUT2D eigenvalue weighted by Crippen LogP contribution is -2.22. The van der Waals surface area contributed by atoms with Gasteiger partial charge in [0.2, 0.25) is 5.01 Å². The Bertz CT molecular complexity index is 885. The number of carbonyl (C=O) groups excluding carboxylic acids is 1. The highest BCUT2D eigenvalue weighted by Gasteiger charge is 2.33. The van der Waals surface area contributed by atoms with Gasteiger partial charge in [0, 0.05) is 12.7 Å². The van der Waals surface area contributed by atoms with E-state index in [-0.39, 0.29) is 17.5 Å². The Morgan fingerprint density at radius 1 is 1.20 bits per heavy atom. The standard InChI is InChI=1S/C15H12F3N5OS/c1-9-20-21-14(25-9)13(24)19-8-10-2-4-11(5-3-10)23-7-6-12(22-23)15(16,17)18/h2-7H,8H2,1H3,(H,19,24). The van der Waals surface area contributed by atoms with Gasteiger partial charge in [-0.2, -0.15) is 18.3 Å². The number of hydrogen-bond acceptors (Lipinski definition) is 5. The number of carbonyl (C=O) groups is 1. The van der Waals surface area contributed by atoms with Gasteiger partial charge < -0.3 is 5.32 Å². The first-order chi connectivity index (χ1) is 11.8. The molecule has 0 aliphatic rings. The third-order valence-electron chi connectivity index (χ3n) is 3.25. The van der Waals surface area contributed by atoms with Crippen LogP contribution in [0.25, 0.3) is 5.69 Å². The minimum absolute atomic E-state index is 0.269. The molecule has 0 radical (unpaired) electrons. The van der Waals surface area contributed by atoms with E-state index in [1.54, 1.807) is 31.2 Å². The third kappa shape index (κ3) is 4.02. The van der Waals surface area contributed by atoms with Crippen LogP contribution in [0.2, 0.25) is 0 Å². The van der Waals surface area contributed by atoms with Crippen LogP contribution in [0, 0.1) is 6.92 Å². The molecule has 3 aromatic rings. The summed E-state index contributed by atoms with van der Waals surface area (Å²) in [7, 11) is 0. The summed E-state index contributed by atoms with van der Waals surface area (Å²) in [5.41, 5.74) is 0.336. The van der Waals surface area contributed by atoms with Crippen molar-refractivity contribution in [3.05, 3.63) is 57.8 Å². The fourth-order valence-electron chi connectivity index (χ4n) is 2.03. The quantitative estimate of drug-likeness (QED) is 0.769. The Hall–Kier alpha value is -2.75. The monoisotopic (exact) mass is 367 g/mol. The van der Waals surface area contributed by atoms with Gasteiger partial charge in [0.1, 0.15) is 5.01 Å². The highest BCUT2D eigenvalue weighted by Crippen LogP contribution is 2.27. The number of nitrogens with one attached hydrogen (secondary N) is 1. The lowest BCUT2D eigenvalue weighted by molar-refractivity contribution is -0.141. The molecule has 0 aliphatic heterocycles. The van der Waals surface area contributed by atoms with Gasteiger partial charge in [0.05, 0.1) is 5.69 Å². The van der Waals surface area contributed by atoms with E-state index in [2.05, 4.69) is 20.6 Å². The van der Waals surface area contributed by atoms with Crippen LogP contribution in [0.15, 0.2) is 36.5 Å². The minimum Gasteiger partial charge on any atom is -0.346 e. The molecule has 0 bridgehead atoms. The van der Waals surface area contributed by atoms with Crippen molar-refractivity contribution in [3.8, 4) is 5.69 Å². The molecule has 10 heteroatoms. The lowest BCUT2D eigenvalue weighted by atomic mass is 10.2. The van der Waals surface area contributed by atoms with Crippen LogP contribution >= 0.6 is 11.3 Å². The Kier molecular flexibility index (Phi) is 4.53. The zero-order valence-electron chi connectivity index (χ0n) is 12.9. The molecule has 2 heterocycles. The van der Waals surface area contributed by atoms with Gasteiger partial charge in [-0.25, -0.2) is 4.68 Å². The van der Waals surface area contributed by atoms with E-state index in [1.165, 1.54) is 17.5 Å². The van der Waals surface area contributed by atoms with Crippen LogP contribution in [0.3, 0.4) is 0 Å². The highest BCUT2D eigenvalue weighted by molar-refractivity contribution is 7.13.